The number of carbonyl (C=O) groups is 1. The van der Waals surface area contributed by atoms with Crippen LogP contribution < -0.4 is 10.7 Å². The van der Waals surface area contributed by atoms with Gasteiger partial charge in [0.2, 0.25) is 0 Å². The van der Waals surface area contributed by atoms with Crippen LogP contribution in [0.1, 0.15) is 30.8 Å². The van der Waals surface area contributed by atoms with Gasteiger partial charge in [-0.15, -0.1) is 10.2 Å². The van der Waals surface area contributed by atoms with Crippen molar-refractivity contribution < 1.29 is 4.79 Å². The molecule has 0 saturated heterocycles. The van der Waals surface area contributed by atoms with Gasteiger partial charge in [0, 0.05) is 17.8 Å². The van der Waals surface area contributed by atoms with Gasteiger partial charge in [0.05, 0.1) is 17.5 Å². The summed E-state index contributed by atoms with van der Waals surface area (Å²) >= 11 is 7.34. The number of carbonyl (C=O) groups excluding carboxylic acids is 1. The first-order chi connectivity index (χ1) is 14.8. The molecule has 0 aliphatic carbocycles. The van der Waals surface area contributed by atoms with Gasteiger partial charge in [0.15, 0.2) is 11.0 Å². The number of thioether (sulfide) groups is 1. The molecule has 3 aromatic rings. The number of rotatable bonds is 8. The minimum Gasteiger partial charge on any atom is -0.378 e. The molecule has 0 radical (unpaired) electrons. The van der Waals surface area contributed by atoms with Crippen molar-refractivity contribution in [3.63, 3.8) is 0 Å². The molecule has 2 N–H and O–H groups in total. The van der Waals surface area contributed by atoms with Crippen molar-refractivity contribution in [3.05, 3.63) is 70.5 Å². The maximum absolute atomic E-state index is 12.5. The van der Waals surface area contributed by atoms with E-state index < -0.39 is 0 Å². The molecule has 0 spiro atoms. The molecule has 0 aliphatic heterocycles. The third-order valence-electron chi connectivity index (χ3n) is 4.65. The summed E-state index contributed by atoms with van der Waals surface area (Å²) < 4.78 is 1.87. The average molecular weight is 457 g/mol. The summed E-state index contributed by atoms with van der Waals surface area (Å²) in [4.78, 5) is 12.5. The van der Waals surface area contributed by atoms with Crippen LogP contribution in [0.15, 0.2) is 58.8 Å². The monoisotopic (exact) mass is 456 g/mol. The molecule has 1 atom stereocenters. The minimum absolute atomic E-state index is 0.196. The van der Waals surface area contributed by atoms with Gasteiger partial charge in [-0.1, -0.05) is 59.3 Å². The van der Waals surface area contributed by atoms with E-state index in [0.29, 0.717) is 16.7 Å². The van der Waals surface area contributed by atoms with Crippen molar-refractivity contribution in [1.82, 2.24) is 20.2 Å². The van der Waals surface area contributed by atoms with Crippen LogP contribution in [0, 0.1) is 6.92 Å². The summed E-state index contributed by atoms with van der Waals surface area (Å²) in [5.74, 6) is 0.557. The van der Waals surface area contributed by atoms with Crippen molar-refractivity contribution in [2.75, 3.05) is 5.32 Å². The van der Waals surface area contributed by atoms with Gasteiger partial charge < -0.3 is 9.88 Å². The molecule has 0 saturated carbocycles. The standard InChI is InChI=1S/C22H25ClN6OS/c1-14-8-10-17(11-9-14)15(2)25-27-21(30)16(3)31-22-28-26-20(29(22)4)13-24-19-7-5-6-18(23)12-19/h5-12,16,24H,13H2,1-4H3,(H,27,30)/t16-/m0/s1. The van der Waals surface area contributed by atoms with Crippen molar-refractivity contribution in [2.24, 2.45) is 12.1 Å². The number of aryl methyl sites for hydroxylation is 1. The van der Waals surface area contributed by atoms with Crippen molar-refractivity contribution in [2.45, 2.75) is 37.7 Å². The van der Waals surface area contributed by atoms with Gasteiger partial charge in [-0.2, -0.15) is 5.10 Å². The first-order valence-corrected chi connectivity index (χ1v) is 11.0. The Hall–Kier alpha value is -2.84. The fourth-order valence-corrected chi connectivity index (χ4v) is 3.70. The smallest absolute Gasteiger partial charge is 0.253 e. The van der Waals surface area contributed by atoms with Crippen LogP contribution in [0.2, 0.25) is 5.02 Å². The molecule has 2 aromatic carbocycles. The molecule has 162 valence electrons. The molecule has 0 aliphatic rings. The number of hydrazone groups is 1. The van der Waals surface area contributed by atoms with Gasteiger partial charge in [-0.25, -0.2) is 5.43 Å². The van der Waals surface area contributed by atoms with E-state index in [1.165, 1.54) is 17.3 Å². The highest BCUT2D eigenvalue weighted by Gasteiger charge is 2.18. The van der Waals surface area contributed by atoms with Gasteiger partial charge in [0.1, 0.15) is 0 Å². The number of hydrogen-bond donors (Lipinski definition) is 2. The molecular formula is C22H25ClN6OS. The molecule has 1 amide bonds. The zero-order valence-electron chi connectivity index (χ0n) is 17.9. The quantitative estimate of drug-likeness (QED) is 0.298. The lowest BCUT2D eigenvalue weighted by Crippen LogP contribution is -2.28. The summed E-state index contributed by atoms with van der Waals surface area (Å²) in [5.41, 5.74) is 6.44. The first kappa shape index (κ1) is 22.8. The highest BCUT2D eigenvalue weighted by Crippen LogP contribution is 2.22. The maximum atomic E-state index is 12.5. The topological polar surface area (TPSA) is 84.2 Å². The zero-order valence-corrected chi connectivity index (χ0v) is 19.5. The zero-order chi connectivity index (χ0) is 22.4. The number of aromatic nitrogens is 3. The van der Waals surface area contributed by atoms with Crippen molar-refractivity contribution in [3.8, 4) is 0 Å². The number of hydrogen-bond acceptors (Lipinski definition) is 6. The van der Waals surface area contributed by atoms with E-state index in [0.717, 1.165) is 22.8 Å². The Balaban J connectivity index is 1.56. The summed E-state index contributed by atoms with van der Waals surface area (Å²) in [5, 5.41) is 16.9. The molecule has 0 fully saturated rings. The molecule has 31 heavy (non-hydrogen) atoms. The average Bonchev–Trinajstić information content (AvgIpc) is 3.10. The second kappa shape index (κ2) is 10.5. The van der Waals surface area contributed by atoms with Crippen LogP contribution in [0.3, 0.4) is 0 Å². The second-order valence-corrected chi connectivity index (χ2v) is 8.87. The highest BCUT2D eigenvalue weighted by molar-refractivity contribution is 8.00. The predicted molar refractivity (Wildman–Crippen MR) is 127 cm³/mol. The number of amides is 1. The Bertz CT molecular complexity index is 1080. The fraction of sp³-hybridized carbons (Fsp3) is 0.273. The molecule has 3 rings (SSSR count). The number of anilines is 1. The van der Waals surface area contributed by atoms with E-state index >= 15 is 0 Å². The number of halogens is 1. The molecule has 0 unspecified atom stereocenters. The second-order valence-electron chi connectivity index (χ2n) is 7.12. The third-order valence-corrected chi connectivity index (χ3v) is 6.02. The lowest BCUT2D eigenvalue weighted by Gasteiger charge is -2.10. The predicted octanol–water partition coefficient (Wildman–Crippen LogP) is 4.41. The van der Waals surface area contributed by atoms with Gasteiger partial charge >= 0.3 is 0 Å². The largest absolute Gasteiger partial charge is 0.378 e. The van der Waals surface area contributed by atoms with E-state index in [1.54, 1.807) is 0 Å². The van der Waals surface area contributed by atoms with Crippen molar-refractivity contribution >= 4 is 40.7 Å². The van der Waals surface area contributed by atoms with E-state index in [1.807, 2.05) is 80.9 Å². The lowest BCUT2D eigenvalue weighted by molar-refractivity contribution is -0.120. The SMILES string of the molecule is CC(=NNC(=O)[C@H](C)Sc1nnc(CNc2cccc(Cl)c2)n1C)c1ccc(C)cc1. The van der Waals surface area contributed by atoms with Crippen molar-refractivity contribution in [1.29, 1.82) is 0 Å². The Kier molecular flexibility index (Phi) is 7.70. The summed E-state index contributed by atoms with van der Waals surface area (Å²) in [6, 6.07) is 15.5. The Labute approximate surface area is 191 Å². The third kappa shape index (κ3) is 6.32. The minimum atomic E-state index is -0.383. The van der Waals surface area contributed by atoms with Crippen LogP contribution in [0.5, 0.6) is 0 Å². The van der Waals surface area contributed by atoms with Gasteiger partial charge in [-0.05, 0) is 44.5 Å². The Morgan fingerprint density at radius 1 is 1.23 bits per heavy atom. The van der Waals surface area contributed by atoms with Gasteiger partial charge in [0.25, 0.3) is 5.91 Å². The first-order valence-electron chi connectivity index (χ1n) is 9.79. The van der Waals surface area contributed by atoms with E-state index in [2.05, 4.69) is 26.0 Å². The number of nitrogens with zero attached hydrogens (tertiary/aromatic N) is 4. The molecular weight excluding hydrogens is 432 g/mol. The normalized spacial score (nSPS) is 12.5. The molecule has 9 heteroatoms. The van der Waals surface area contributed by atoms with Crippen LogP contribution in [-0.4, -0.2) is 31.6 Å². The van der Waals surface area contributed by atoms with Crippen LogP contribution in [0.4, 0.5) is 5.69 Å². The van der Waals surface area contributed by atoms with Crippen LogP contribution >= 0.6 is 23.4 Å². The van der Waals surface area contributed by atoms with Crippen LogP contribution in [0.25, 0.3) is 0 Å². The lowest BCUT2D eigenvalue weighted by atomic mass is 10.1. The molecule has 1 aromatic heterocycles. The molecule has 0 bridgehead atoms. The summed E-state index contributed by atoms with van der Waals surface area (Å²) in [7, 11) is 1.88. The van der Waals surface area contributed by atoms with Crippen LogP contribution in [-0.2, 0) is 18.4 Å². The number of benzene rings is 2. The molecule has 1 heterocycles. The van der Waals surface area contributed by atoms with Gasteiger partial charge in [-0.3, -0.25) is 4.79 Å². The maximum Gasteiger partial charge on any atom is 0.253 e. The van der Waals surface area contributed by atoms with E-state index in [4.69, 9.17) is 11.6 Å². The summed E-state index contributed by atoms with van der Waals surface area (Å²) in [6.07, 6.45) is 0. The highest BCUT2D eigenvalue weighted by atomic mass is 35.5. The summed E-state index contributed by atoms with van der Waals surface area (Å²) in [6.45, 7) is 6.20. The van der Waals surface area contributed by atoms with E-state index in [9.17, 15) is 4.79 Å². The Morgan fingerprint density at radius 2 is 1.97 bits per heavy atom. The number of nitrogens with one attached hydrogen (secondary N) is 2. The van der Waals surface area contributed by atoms with E-state index in [-0.39, 0.29) is 11.2 Å². The molecule has 7 nitrogen and oxygen atoms in total. The fourth-order valence-electron chi connectivity index (χ4n) is 2.68. The Morgan fingerprint density at radius 3 is 2.68 bits per heavy atom.